The molecule has 1 aliphatic rings. The van der Waals surface area contributed by atoms with Gasteiger partial charge in [0.1, 0.15) is 5.75 Å². The molecule has 0 bridgehead atoms. The number of piperazine rings is 1. The third kappa shape index (κ3) is 5.96. The Kier molecular flexibility index (Phi) is 6.28. The van der Waals surface area contributed by atoms with E-state index >= 15 is 0 Å². The molecular weight excluding hydrogens is 318 g/mol. The number of nitrogens with one attached hydrogen (secondary N) is 1. The van der Waals surface area contributed by atoms with Gasteiger partial charge in [0, 0.05) is 32.7 Å². The first-order chi connectivity index (χ1) is 11.8. The number of urea groups is 1. The molecule has 0 atom stereocenters. The van der Waals surface area contributed by atoms with Gasteiger partial charge in [-0.05, 0) is 23.1 Å². The lowest BCUT2D eigenvalue weighted by Crippen LogP contribution is -2.54. The number of carbonyl (C=O) groups excluding carboxylic acids is 2. The summed E-state index contributed by atoms with van der Waals surface area (Å²) < 4.78 is 5.19. The maximum absolute atomic E-state index is 12.5. The lowest BCUT2D eigenvalue weighted by atomic mass is 9.97. The molecule has 25 heavy (non-hydrogen) atoms. The predicted octanol–water partition coefficient (Wildman–Crippen LogP) is 2.14. The third-order valence-electron chi connectivity index (χ3n) is 4.18. The highest BCUT2D eigenvalue weighted by molar-refractivity contribution is 5.79. The normalized spacial score (nSPS) is 15.0. The first-order valence-corrected chi connectivity index (χ1v) is 8.72. The zero-order chi connectivity index (χ0) is 18.4. The number of rotatable bonds is 4. The van der Waals surface area contributed by atoms with Crippen LogP contribution in [0.3, 0.4) is 0 Å². The Morgan fingerprint density at radius 1 is 1.12 bits per heavy atom. The molecule has 1 aliphatic heterocycles. The van der Waals surface area contributed by atoms with Crippen molar-refractivity contribution < 1.29 is 14.3 Å². The van der Waals surface area contributed by atoms with Crippen molar-refractivity contribution in [3.8, 4) is 5.75 Å². The summed E-state index contributed by atoms with van der Waals surface area (Å²) in [6, 6.07) is 7.52. The number of methoxy groups -OCH3 is 1. The maximum Gasteiger partial charge on any atom is 0.317 e. The molecule has 1 fully saturated rings. The first-order valence-electron chi connectivity index (χ1n) is 8.72. The molecule has 2 rings (SSSR count). The van der Waals surface area contributed by atoms with Crippen LogP contribution < -0.4 is 10.1 Å². The smallest absolute Gasteiger partial charge is 0.317 e. The SMILES string of the molecule is COc1cccc(CC(=O)N2CCN(C(=O)NCC(C)(C)C)CC2)c1. The van der Waals surface area contributed by atoms with Crippen LogP contribution in [0, 0.1) is 5.41 Å². The van der Waals surface area contributed by atoms with Gasteiger partial charge in [0.25, 0.3) is 0 Å². The molecule has 0 radical (unpaired) electrons. The van der Waals surface area contributed by atoms with E-state index in [1.54, 1.807) is 12.0 Å². The number of benzene rings is 1. The van der Waals surface area contributed by atoms with Gasteiger partial charge in [0.2, 0.25) is 5.91 Å². The minimum atomic E-state index is -0.0465. The van der Waals surface area contributed by atoms with E-state index in [0.717, 1.165) is 11.3 Å². The average Bonchev–Trinajstić information content (AvgIpc) is 2.59. The Labute approximate surface area is 150 Å². The van der Waals surface area contributed by atoms with E-state index in [4.69, 9.17) is 4.74 Å². The van der Waals surface area contributed by atoms with Crippen molar-refractivity contribution in [2.45, 2.75) is 27.2 Å². The standard InChI is InChI=1S/C19H29N3O3/c1-19(2,3)14-20-18(24)22-10-8-21(9-11-22)17(23)13-15-6-5-7-16(12-15)25-4/h5-7,12H,8-11,13-14H2,1-4H3,(H,20,24). The molecule has 3 amide bonds. The molecule has 1 saturated heterocycles. The van der Waals surface area contributed by atoms with Gasteiger partial charge in [0.15, 0.2) is 0 Å². The second-order valence-electron chi connectivity index (χ2n) is 7.62. The Morgan fingerprint density at radius 2 is 1.76 bits per heavy atom. The molecule has 138 valence electrons. The summed E-state index contributed by atoms with van der Waals surface area (Å²) in [5.74, 6) is 0.841. The van der Waals surface area contributed by atoms with Crippen LogP contribution in [0.2, 0.25) is 0 Å². The molecule has 6 nitrogen and oxygen atoms in total. The van der Waals surface area contributed by atoms with Crippen molar-refractivity contribution in [2.24, 2.45) is 5.41 Å². The Hall–Kier alpha value is -2.24. The molecule has 1 aromatic rings. The Bertz CT molecular complexity index is 602. The second-order valence-corrected chi connectivity index (χ2v) is 7.62. The third-order valence-corrected chi connectivity index (χ3v) is 4.18. The van der Waals surface area contributed by atoms with Gasteiger partial charge in [-0.1, -0.05) is 32.9 Å². The van der Waals surface area contributed by atoms with E-state index in [1.165, 1.54) is 0 Å². The molecular formula is C19H29N3O3. The molecule has 1 aromatic carbocycles. The summed E-state index contributed by atoms with van der Waals surface area (Å²) in [7, 11) is 1.62. The molecule has 1 N–H and O–H groups in total. The van der Waals surface area contributed by atoms with Crippen molar-refractivity contribution in [2.75, 3.05) is 39.8 Å². The van der Waals surface area contributed by atoms with E-state index < -0.39 is 0 Å². The molecule has 0 aromatic heterocycles. The highest BCUT2D eigenvalue weighted by Gasteiger charge is 2.24. The first kappa shape index (κ1) is 19.1. The van der Waals surface area contributed by atoms with Crippen LogP contribution in [0.25, 0.3) is 0 Å². The maximum atomic E-state index is 12.5. The number of ether oxygens (including phenoxy) is 1. The Balaban J connectivity index is 1.80. The monoisotopic (exact) mass is 347 g/mol. The highest BCUT2D eigenvalue weighted by atomic mass is 16.5. The van der Waals surface area contributed by atoms with Crippen LogP contribution in [0.5, 0.6) is 5.75 Å². The van der Waals surface area contributed by atoms with Gasteiger partial charge in [-0.25, -0.2) is 4.79 Å². The van der Waals surface area contributed by atoms with E-state index in [1.807, 2.05) is 29.2 Å². The minimum Gasteiger partial charge on any atom is -0.497 e. The summed E-state index contributed by atoms with van der Waals surface area (Å²) in [4.78, 5) is 28.3. The van der Waals surface area contributed by atoms with Crippen LogP contribution >= 0.6 is 0 Å². The van der Waals surface area contributed by atoms with Crippen LogP contribution in [0.4, 0.5) is 4.79 Å². The van der Waals surface area contributed by atoms with Crippen LogP contribution in [-0.4, -0.2) is 61.6 Å². The molecule has 6 heteroatoms. The second kappa shape index (κ2) is 8.23. The van der Waals surface area contributed by atoms with Crippen molar-refractivity contribution in [1.82, 2.24) is 15.1 Å². The van der Waals surface area contributed by atoms with Gasteiger partial charge in [-0.3, -0.25) is 4.79 Å². The van der Waals surface area contributed by atoms with Gasteiger partial charge in [-0.15, -0.1) is 0 Å². The number of carbonyl (C=O) groups is 2. The molecule has 0 aliphatic carbocycles. The molecule has 0 saturated carbocycles. The summed E-state index contributed by atoms with van der Waals surface area (Å²) in [6.45, 7) is 9.19. The van der Waals surface area contributed by atoms with Crippen molar-refractivity contribution in [3.05, 3.63) is 29.8 Å². The van der Waals surface area contributed by atoms with Crippen LogP contribution in [0.15, 0.2) is 24.3 Å². The van der Waals surface area contributed by atoms with Gasteiger partial charge < -0.3 is 19.9 Å². The fourth-order valence-corrected chi connectivity index (χ4v) is 2.68. The number of hydrogen-bond donors (Lipinski definition) is 1. The lowest BCUT2D eigenvalue weighted by molar-refractivity contribution is -0.131. The van der Waals surface area contributed by atoms with Crippen molar-refractivity contribution in [3.63, 3.8) is 0 Å². The number of nitrogens with zero attached hydrogens (tertiary/aromatic N) is 2. The fourth-order valence-electron chi connectivity index (χ4n) is 2.68. The fraction of sp³-hybridized carbons (Fsp3) is 0.579. The lowest BCUT2D eigenvalue weighted by Gasteiger charge is -2.35. The molecule has 0 unspecified atom stereocenters. The molecule has 1 heterocycles. The minimum absolute atomic E-state index is 0.0465. The highest BCUT2D eigenvalue weighted by Crippen LogP contribution is 2.15. The largest absolute Gasteiger partial charge is 0.497 e. The van der Waals surface area contributed by atoms with Crippen LogP contribution in [-0.2, 0) is 11.2 Å². The predicted molar refractivity (Wildman–Crippen MR) is 97.7 cm³/mol. The quantitative estimate of drug-likeness (QED) is 0.908. The zero-order valence-corrected chi connectivity index (χ0v) is 15.7. The summed E-state index contributed by atoms with van der Waals surface area (Å²) in [5, 5.41) is 2.96. The molecule has 0 spiro atoms. The van der Waals surface area contributed by atoms with Gasteiger partial charge in [-0.2, -0.15) is 0 Å². The van der Waals surface area contributed by atoms with Crippen molar-refractivity contribution in [1.29, 1.82) is 0 Å². The van der Waals surface area contributed by atoms with E-state index in [0.29, 0.717) is 39.1 Å². The summed E-state index contributed by atoms with van der Waals surface area (Å²) in [5.41, 5.74) is 0.999. The average molecular weight is 347 g/mol. The van der Waals surface area contributed by atoms with Crippen LogP contribution in [0.1, 0.15) is 26.3 Å². The van der Waals surface area contributed by atoms with Gasteiger partial charge in [0.05, 0.1) is 13.5 Å². The van der Waals surface area contributed by atoms with Crippen molar-refractivity contribution >= 4 is 11.9 Å². The number of amides is 3. The summed E-state index contributed by atoms with van der Waals surface area (Å²) >= 11 is 0. The van der Waals surface area contributed by atoms with E-state index in [9.17, 15) is 9.59 Å². The number of hydrogen-bond acceptors (Lipinski definition) is 3. The summed E-state index contributed by atoms with van der Waals surface area (Å²) in [6.07, 6.45) is 0.355. The Morgan fingerprint density at radius 3 is 2.36 bits per heavy atom. The van der Waals surface area contributed by atoms with E-state index in [2.05, 4.69) is 26.1 Å². The van der Waals surface area contributed by atoms with Gasteiger partial charge >= 0.3 is 6.03 Å². The topological polar surface area (TPSA) is 61.9 Å². The zero-order valence-electron chi connectivity index (χ0n) is 15.7. The van der Waals surface area contributed by atoms with E-state index in [-0.39, 0.29) is 17.4 Å².